The Bertz CT molecular complexity index is 1310. The van der Waals surface area contributed by atoms with Crippen molar-refractivity contribution in [3.8, 4) is 11.4 Å². The Labute approximate surface area is 207 Å². The Balaban J connectivity index is 1.69. The Morgan fingerprint density at radius 1 is 1.03 bits per heavy atom. The van der Waals surface area contributed by atoms with Gasteiger partial charge in [-0.1, -0.05) is 34.1 Å². The molecule has 2 aromatic heterocycles. The summed E-state index contributed by atoms with van der Waals surface area (Å²) < 4.78 is 8.91. The molecule has 0 aliphatic carbocycles. The first kappa shape index (κ1) is 21.7. The second kappa shape index (κ2) is 9.00. The smallest absolute Gasteiger partial charge is 0.174 e. The van der Waals surface area contributed by atoms with E-state index in [0.29, 0.717) is 5.11 Å². The van der Waals surface area contributed by atoms with E-state index in [-0.39, 0.29) is 12.1 Å². The first-order valence-corrected chi connectivity index (χ1v) is 11.9. The fourth-order valence-corrected chi connectivity index (χ4v) is 4.99. The number of anilines is 1. The number of pyridine rings is 1. The molecule has 0 unspecified atom stereocenters. The van der Waals surface area contributed by atoms with Crippen LogP contribution >= 0.6 is 28.1 Å². The third kappa shape index (κ3) is 3.92. The van der Waals surface area contributed by atoms with Crippen LogP contribution < -0.4 is 15.0 Å². The van der Waals surface area contributed by atoms with Crippen molar-refractivity contribution in [1.29, 1.82) is 0 Å². The molecule has 1 N–H and O–H groups in total. The summed E-state index contributed by atoms with van der Waals surface area (Å²) in [6.45, 7) is 2.09. The zero-order valence-corrected chi connectivity index (χ0v) is 20.7. The van der Waals surface area contributed by atoms with Crippen LogP contribution in [0.4, 0.5) is 5.69 Å². The largest absolute Gasteiger partial charge is 0.495 e. The van der Waals surface area contributed by atoms with Gasteiger partial charge in [0.05, 0.1) is 24.5 Å². The van der Waals surface area contributed by atoms with Gasteiger partial charge in [0.15, 0.2) is 5.11 Å². The number of hydrogen-bond donors (Lipinski definition) is 1. The number of methoxy groups -OCH3 is 1. The first-order chi connectivity index (χ1) is 16.1. The third-order valence-electron chi connectivity index (χ3n) is 5.95. The van der Waals surface area contributed by atoms with Crippen LogP contribution in [0.15, 0.2) is 89.7 Å². The molecule has 1 aliphatic heterocycles. The van der Waals surface area contributed by atoms with E-state index in [1.54, 1.807) is 7.11 Å². The number of hydrogen-bond acceptors (Lipinski definition) is 3. The molecule has 5 rings (SSSR count). The number of nitrogens with zero attached hydrogens (tertiary/aromatic N) is 3. The molecule has 4 aromatic rings. The van der Waals surface area contributed by atoms with Crippen molar-refractivity contribution in [2.24, 2.45) is 0 Å². The van der Waals surface area contributed by atoms with Gasteiger partial charge in [-0.2, -0.15) is 0 Å². The molecule has 0 amide bonds. The van der Waals surface area contributed by atoms with Crippen LogP contribution in [0.1, 0.15) is 29.0 Å². The zero-order valence-electron chi connectivity index (χ0n) is 18.3. The summed E-state index contributed by atoms with van der Waals surface area (Å²) in [4.78, 5) is 6.85. The summed E-state index contributed by atoms with van der Waals surface area (Å²) in [7, 11) is 1.70. The van der Waals surface area contributed by atoms with Gasteiger partial charge in [-0.25, -0.2) is 0 Å². The lowest BCUT2D eigenvalue weighted by Crippen LogP contribution is -2.30. The van der Waals surface area contributed by atoms with Crippen LogP contribution in [-0.2, 0) is 0 Å². The van der Waals surface area contributed by atoms with Crippen LogP contribution in [0.2, 0.25) is 0 Å². The number of ether oxygens (including phenoxy) is 1. The minimum absolute atomic E-state index is 0.118. The van der Waals surface area contributed by atoms with Crippen LogP contribution in [0.3, 0.4) is 0 Å². The van der Waals surface area contributed by atoms with Crippen molar-refractivity contribution in [2.45, 2.75) is 19.0 Å². The van der Waals surface area contributed by atoms with Gasteiger partial charge >= 0.3 is 0 Å². The van der Waals surface area contributed by atoms with Crippen LogP contribution in [0.25, 0.3) is 5.69 Å². The fourth-order valence-electron chi connectivity index (χ4n) is 4.40. The molecule has 2 aromatic carbocycles. The molecule has 7 heteroatoms. The number of nitrogens with one attached hydrogen (secondary N) is 1. The number of aryl methyl sites for hydroxylation is 1. The molecule has 0 saturated carbocycles. The molecule has 1 aliphatic rings. The summed E-state index contributed by atoms with van der Waals surface area (Å²) in [5.74, 6) is 0.809. The highest BCUT2D eigenvalue weighted by Crippen LogP contribution is 2.43. The summed E-state index contributed by atoms with van der Waals surface area (Å²) in [6, 6.07) is 24.3. The van der Waals surface area contributed by atoms with E-state index in [9.17, 15) is 0 Å². The minimum Gasteiger partial charge on any atom is -0.495 e. The SMILES string of the molecule is COc1ccccc1-n1cccc1[C@@H]1[C@@H](c2ccccn2)NC(=S)N1c1ccc(Br)c(C)c1. The number of aromatic nitrogens is 2. The van der Waals surface area contributed by atoms with Gasteiger partial charge in [0.2, 0.25) is 0 Å². The van der Waals surface area contributed by atoms with Crippen molar-refractivity contribution < 1.29 is 4.74 Å². The number of para-hydroxylation sites is 2. The van der Waals surface area contributed by atoms with Gasteiger partial charge < -0.3 is 19.5 Å². The van der Waals surface area contributed by atoms with E-state index in [4.69, 9.17) is 17.0 Å². The molecule has 3 heterocycles. The lowest BCUT2D eigenvalue weighted by molar-refractivity contribution is 0.412. The monoisotopic (exact) mass is 518 g/mol. The fraction of sp³-hybridized carbons (Fsp3) is 0.154. The standard InChI is InChI=1S/C26H23BrN4OS/c1-17-16-18(12-13-19(17)27)31-25(24(29-26(31)33)20-8-5-6-14-28-20)22-10-7-15-30(22)21-9-3-4-11-23(21)32-2/h3-16,24-25H,1-2H3,(H,29,33)/t24-,25-/m1/s1. The average molecular weight is 519 g/mol. The molecular weight excluding hydrogens is 496 g/mol. The number of thiocarbonyl (C=S) groups is 1. The summed E-state index contributed by atoms with van der Waals surface area (Å²) in [6.07, 6.45) is 3.89. The van der Waals surface area contributed by atoms with Gasteiger partial charge in [-0.3, -0.25) is 4.98 Å². The molecule has 1 fully saturated rings. The summed E-state index contributed by atoms with van der Waals surface area (Å²) >= 11 is 9.50. The van der Waals surface area contributed by atoms with Gasteiger partial charge in [0.1, 0.15) is 11.8 Å². The van der Waals surface area contributed by atoms with Crippen LogP contribution in [-0.4, -0.2) is 21.8 Å². The normalized spacial score (nSPS) is 17.8. The van der Waals surface area contributed by atoms with Gasteiger partial charge in [-0.05, 0) is 79.3 Å². The van der Waals surface area contributed by atoms with E-state index in [0.717, 1.165) is 38.5 Å². The Kier molecular flexibility index (Phi) is 5.91. The second-order valence-corrected chi connectivity index (χ2v) is 9.15. The van der Waals surface area contributed by atoms with Crippen LogP contribution in [0, 0.1) is 6.92 Å². The first-order valence-electron chi connectivity index (χ1n) is 10.7. The molecule has 0 spiro atoms. The topological polar surface area (TPSA) is 42.3 Å². The van der Waals surface area contributed by atoms with Gasteiger partial charge in [0, 0.05) is 28.2 Å². The van der Waals surface area contributed by atoms with Crippen LogP contribution in [0.5, 0.6) is 5.75 Å². The Hall–Kier alpha value is -3.16. The Morgan fingerprint density at radius 2 is 1.85 bits per heavy atom. The van der Waals surface area contributed by atoms with Crippen molar-refractivity contribution in [3.63, 3.8) is 0 Å². The maximum atomic E-state index is 5.88. The van der Waals surface area contributed by atoms with E-state index < -0.39 is 0 Å². The molecule has 1 saturated heterocycles. The highest BCUT2D eigenvalue weighted by molar-refractivity contribution is 9.10. The molecular formula is C26H23BrN4OS. The molecule has 166 valence electrons. The zero-order chi connectivity index (χ0) is 22.9. The molecule has 33 heavy (non-hydrogen) atoms. The molecule has 2 atom stereocenters. The third-order valence-corrected chi connectivity index (χ3v) is 7.15. The van der Waals surface area contributed by atoms with E-state index in [1.807, 2.05) is 42.6 Å². The molecule has 5 nitrogen and oxygen atoms in total. The highest BCUT2D eigenvalue weighted by Gasteiger charge is 2.42. The summed E-state index contributed by atoms with van der Waals surface area (Å²) in [5.41, 5.74) is 5.18. The van der Waals surface area contributed by atoms with E-state index >= 15 is 0 Å². The Morgan fingerprint density at radius 3 is 2.61 bits per heavy atom. The maximum absolute atomic E-state index is 5.88. The number of benzene rings is 2. The molecule has 0 bridgehead atoms. The predicted molar refractivity (Wildman–Crippen MR) is 139 cm³/mol. The van der Waals surface area contributed by atoms with Crippen molar-refractivity contribution in [1.82, 2.24) is 14.9 Å². The summed E-state index contributed by atoms with van der Waals surface area (Å²) in [5, 5.41) is 4.21. The van der Waals surface area contributed by atoms with Crippen molar-refractivity contribution >= 4 is 38.9 Å². The van der Waals surface area contributed by atoms with Crippen molar-refractivity contribution in [2.75, 3.05) is 12.0 Å². The average Bonchev–Trinajstić information content (AvgIpc) is 3.45. The quantitative estimate of drug-likeness (QED) is 0.322. The van der Waals surface area contributed by atoms with Gasteiger partial charge in [-0.15, -0.1) is 0 Å². The van der Waals surface area contributed by atoms with E-state index in [1.165, 1.54) is 0 Å². The predicted octanol–water partition coefficient (Wildman–Crippen LogP) is 6.13. The second-order valence-electron chi connectivity index (χ2n) is 7.90. The lowest BCUT2D eigenvalue weighted by atomic mass is 10.0. The minimum atomic E-state index is -0.119. The number of rotatable bonds is 5. The van der Waals surface area contributed by atoms with Gasteiger partial charge in [0.25, 0.3) is 0 Å². The van der Waals surface area contributed by atoms with E-state index in [2.05, 4.69) is 85.2 Å². The number of halogens is 1. The van der Waals surface area contributed by atoms with Crippen molar-refractivity contribution in [3.05, 3.63) is 107 Å². The lowest BCUT2D eigenvalue weighted by Gasteiger charge is -2.29. The molecule has 0 radical (unpaired) electrons. The highest BCUT2D eigenvalue weighted by atomic mass is 79.9. The maximum Gasteiger partial charge on any atom is 0.174 e.